The van der Waals surface area contributed by atoms with Gasteiger partial charge in [-0.05, 0) is 26.0 Å². The van der Waals surface area contributed by atoms with E-state index in [9.17, 15) is 5.11 Å². The Hall–Kier alpha value is -1.09. The van der Waals surface area contributed by atoms with Crippen LogP contribution in [0.2, 0.25) is 0 Å². The molecule has 1 heterocycles. The highest BCUT2D eigenvalue weighted by Crippen LogP contribution is 2.18. The summed E-state index contributed by atoms with van der Waals surface area (Å²) in [4.78, 5) is 6.24. The summed E-state index contributed by atoms with van der Waals surface area (Å²) < 4.78 is 0. The fourth-order valence-electron chi connectivity index (χ4n) is 1.15. The number of hydrogen-bond donors (Lipinski definition) is 1. The molecule has 0 spiro atoms. The number of aliphatic hydroxyl groups excluding tert-OH is 1. The average Bonchev–Trinajstić information content (AvgIpc) is 2.03. The molecule has 1 rings (SSSR count). The van der Waals surface area contributed by atoms with Crippen LogP contribution in [0.3, 0.4) is 0 Å². The second-order valence-corrected chi connectivity index (χ2v) is 3.46. The van der Waals surface area contributed by atoms with Crippen molar-refractivity contribution in [2.75, 3.05) is 19.0 Å². The van der Waals surface area contributed by atoms with Crippen LogP contribution >= 0.6 is 0 Å². The third-order valence-corrected chi connectivity index (χ3v) is 1.90. The van der Waals surface area contributed by atoms with Crippen LogP contribution in [0.4, 0.5) is 5.69 Å². The molecule has 0 aliphatic carbocycles. The van der Waals surface area contributed by atoms with E-state index in [2.05, 4.69) is 4.98 Å². The lowest BCUT2D eigenvalue weighted by molar-refractivity contribution is 0.194. The fraction of sp³-hybridized carbons (Fsp3) is 0.500. The molecule has 72 valence electrons. The van der Waals surface area contributed by atoms with Gasteiger partial charge in [-0.2, -0.15) is 0 Å². The van der Waals surface area contributed by atoms with Crippen molar-refractivity contribution in [3.8, 4) is 0 Å². The van der Waals surface area contributed by atoms with E-state index in [0.717, 1.165) is 17.1 Å². The minimum atomic E-state index is -0.501. The maximum Gasteiger partial charge on any atom is 0.0932 e. The minimum absolute atomic E-state index is 0.501. The van der Waals surface area contributed by atoms with Gasteiger partial charge in [0, 0.05) is 25.5 Å². The molecule has 0 fully saturated rings. The lowest BCUT2D eigenvalue weighted by atomic mass is 10.2. The molecule has 0 radical (unpaired) electrons. The van der Waals surface area contributed by atoms with Crippen LogP contribution in [0.15, 0.2) is 12.1 Å². The van der Waals surface area contributed by atoms with Crippen LogP contribution in [0.1, 0.15) is 24.4 Å². The Morgan fingerprint density at radius 1 is 1.38 bits per heavy atom. The first-order chi connectivity index (χ1) is 6.00. The Bertz CT molecular complexity index is 269. The van der Waals surface area contributed by atoms with Gasteiger partial charge < -0.3 is 10.0 Å². The predicted octanol–water partition coefficient (Wildman–Crippen LogP) is 1.51. The number of rotatable bonds is 2. The van der Waals surface area contributed by atoms with Crippen molar-refractivity contribution < 1.29 is 5.11 Å². The van der Waals surface area contributed by atoms with Gasteiger partial charge in [-0.1, -0.05) is 0 Å². The Morgan fingerprint density at radius 2 is 2.00 bits per heavy atom. The van der Waals surface area contributed by atoms with Crippen molar-refractivity contribution in [1.82, 2.24) is 4.98 Å². The number of pyridine rings is 1. The summed E-state index contributed by atoms with van der Waals surface area (Å²) in [6.07, 6.45) is -0.501. The molecule has 1 N–H and O–H groups in total. The normalized spacial score (nSPS) is 12.7. The van der Waals surface area contributed by atoms with E-state index < -0.39 is 6.10 Å². The summed E-state index contributed by atoms with van der Waals surface area (Å²) >= 11 is 0. The van der Waals surface area contributed by atoms with Crippen molar-refractivity contribution in [3.63, 3.8) is 0 Å². The summed E-state index contributed by atoms with van der Waals surface area (Å²) in [6.45, 7) is 3.65. The number of hydrogen-bond acceptors (Lipinski definition) is 3. The monoisotopic (exact) mass is 180 g/mol. The molecule has 0 saturated carbocycles. The maximum atomic E-state index is 9.37. The molecule has 0 amide bonds. The SMILES string of the molecule is Cc1cc(N(C)C)cc(C(C)O)n1. The average molecular weight is 180 g/mol. The largest absolute Gasteiger partial charge is 0.387 e. The van der Waals surface area contributed by atoms with Gasteiger partial charge in [-0.3, -0.25) is 4.98 Å². The number of aryl methyl sites for hydroxylation is 1. The van der Waals surface area contributed by atoms with E-state index in [0.29, 0.717) is 0 Å². The highest BCUT2D eigenvalue weighted by Gasteiger charge is 2.05. The molecule has 0 saturated heterocycles. The van der Waals surface area contributed by atoms with E-state index in [1.165, 1.54) is 0 Å². The van der Waals surface area contributed by atoms with Crippen LogP contribution in [0.5, 0.6) is 0 Å². The predicted molar refractivity (Wildman–Crippen MR) is 53.9 cm³/mol. The summed E-state index contributed by atoms with van der Waals surface area (Å²) in [5.41, 5.74) is 2.73. The van der Waals surface area contributed by atoms with Crippen molar-refractivity contribution in [3.05, 3.63) is 23.5 Å². The quantitative estimate of drug-likeness (QED) is 0.749. The van der Waals surface area contributed by atoms with Gasteiger partial charge in [0.25, 0.3) is 0 Å². The van der Waals surface area contributed by atoms with Crippen LogP contribution in [-0.4, -0.2) is 24.2 Å². The van der Waals surface area contributed by atoms with E-state index in [4.69, 9.17) is 0 Å². The van der Waals surface area contributed by atoms with Gasteiger partial charge in [0.15, 0.2) is 0 Å². The molecular weight excluding hydrogens is 164 g/mol. The third-order valence-electron chi connectivity index (χ3n) is 1.90. The Balaban J connectivity index is 3.11. The number of anilines is 1. The molecule has 3 heteroatoms. The molecule has 3 nitrogen and oxygen atoms in total. The first-order valence-corrected chi connectivity index (χ1v) is 4.34. The van der Waals surface area contributed by atoms with Gasteiger partial charge in [0.1, 0.15) is 0 Å². The zero-order valence-corrected chi connectivity index (χ0v) is 8.57. The molecule has 13 heavy (non-hydrogen) atoms. The molecule has 1 aromatic heterocycles. The maximum absolute atomic E-state index is 9.37. The summed E-state index contributed by atoms with van der Waals surface area (Å²) in [5.74, 6) is 0. The second-order valence-electron chi connectivity index (χ2n) is 3.46. The molecule has 1 atom stereocenters. The second kappa shape index (κ2) is 3.75. The summed E-state index contributed by atoms with van der Waals surface area (Å²) in [5, 5.41) is 9.37. The van der Waals surface area contributed by atoms with Gasteiger partial charge in [0.2, 0.25) is 0 Å². The highest BCUT2D eigenvalue weighted by atomic mass is 16.3. The van der Waals surface area contributed by atoms with E-state index in [1.54, 1.807) is 6.92 Å². The van der Waals surface area contributed by atoms with E-state index in [1.807, 2.05) is 38.1 Å². The Morgan fingerprint density at radius 3 is 2.46 bits per heavy atom. The summed E-state index contributed by atoms with van der Waals surface area (Å²) in [7, 11) is 3.95. The zero-order valence-electron chi connectivity index (χ0n) is 8.57. The molecule has 0 bridgehead atoms. The summed E-state index contributed by atoms with van der Waals surface area (Å²) in [6, 6.07) is 3.89. The lowest BCUT2D eigenvalue weighted by Gasteiger charge is -2.15. The van der Waals surface area contributed by atoms with Crippen molar-refractivity contribution >= 4 is 5.69 Å². The Kier molecular flexibility index (Phi) is 2.88. The van der Waals surface area contributed by atoms with Crippen molar-refractivity contribution in [2.45, 2.75) is 20.0 Å². The van der Waals surface area contributed by atoms with Crippen LogP contribution < -0.4 is 4.90 Å². The van der Waals surface area contributed by atoms with Crippen LogP contribution in [-0.2, 0) is 0 Å². The van der Waals surface area contributed by atoms with Gasteiger partial charge in [-0.15, -0.1) is 0 Å². The molecule has 0 aromatic carbocycles. The standard InChI is InChI=1S/C10H16N2O/c1-7-5-9(12(3)4)6-10(11-7)8(2)13/h5-6,8,13H,1-4H3. The molecule has 1 unspecified atom stereocenters. The zero-order chi connectivity index (χ0) is 10.0. The molecular formula is C10H16N2O. The molecule has 0 aliphatic rings. The first-order valence-electron chi connectivity index (χ1n) is 4.34. The van der Waals surface area contributed by atoms with Gasteiger partial charge in [0.05, 0.1) is 11.8 Å². The molecule has 0 aliphatic heterocycles. The lowest BCUT2D eigenvalue weighted by Crippen LogP contribution is -2.10. The smallest absolute Gasteiger partial charge is 0.0932 e. The minimum Gasteiger partial charge on any atom is -0.387 e. The third kappa shape index (κ3) is 2.42. The van der Waals surface area contributed by atoms with E-state index in [-0.39, 0.29) is 0 Å². The van der Waals surface area contributed by atoms with Gasteiger partial charge >= 0.3 is 0 Å². The van der Waals surface area contributed by atoms with Crippen LogP contribution in [0, 0.1) is 6.92 Å². The number of aromatic nitrogens is 1. The van der Waals surface area contributed by atoms with Crippen molar-refractivity contribution in [2.24, 2.45) is 0 Å². The van der Waals surface area contributed by atoms with Gasteiger partial charge in [-0.25, -0.2) is 0 Å². The topological polar surface area (TPSA) is 36.4 Å². The fourth-order valence-corrected chi connectivity index (χ4v) is 1.15. The van der Waals surface area contributed by atoms with Crippen LogP contribution in [0.25, 0.3) is 0 Å². The first kappa shape index (κ1) is 9.99. The molecule has 1 aromatic rings. The number of nitrogens with zero attached hydrogens (tertiary/aromatic N) is 2. The van der Waals surface area contributed by atoms with E-state index >= 15 is 0 Å². The highest BCUT2D eigenvalue weighted by molar-refractivity contribution is 5.47. The van der Waals surface area contributed by atoms with Crippen molar-refractivity contribution in [1.29, 1.82) is 0 Å². The Labute approximate surface area is 79.0 Å². The number of aliphatic hydroxyl groups is 1.